The van der Waals surface area contributed by atoms with Crippen molar-refractivity contribution in [2.45, 2.75) is 13.0 Å². The number of carboxylic acid groups (broad SMARTS) is 1. The van der Waals surface area contributed by atoms with Crippen LogP contribution in [0.5, 0.6) is 0 Å². The predicted octanol–water partition coefficient (Wildman–Crippen LogP) is 1.78. The van der Waals surface area contributed by atoms with Crippen LogP contribution in [0.1, 0.15) is 12.5 Å². The molecule has 0 bridgehead atoms. The zero-order chi connectivity index (χ0) is 11.3. The fourth-order valence-corrected chi connectivity index (χ4v) is 1.23. The topological polar surface area (TPSA) is 57.5 Å². The van der Waals surface area contributed by atoms with Gasteiger partial charge in [-0.2, -0.15) is 0 Å². The molecule has 0 spiro atoms. The van der Waals surface area contributed by atoms with E-state index in [1.54, 1.807) is 6.08 Å². The highest BCUT2D eigenvalue weighted by atomic mass is 16.4. The Kier molecular flexibility index (Phi) is 4.06. The summed E-state index contributed by atoms with van der Waals surface area (Å²) in [6.07, 6.45) is 2.32. The first-order chi connectivity index (χ1) is 7.11. The van der Waals surface area contributed by atoms with E-state index in [-0.39, 0.29) is 0 Å². The zero-order valence-corrected chi connectivity index (χ0v) is 8.50. The molecule has 0 aliphatic heterocycles. The second-order valence-electron chi connectivity index (χ2n) is 3.37. The normalized spacial score (nSPS) is 15.1. The third kappa shape index (κ3) is 3.56. The molecule has 0 unspecified atom stereocenters. The molecule has 0 aliphatic carbocycles. The molecule has 1 aromatic rings. The number of aliphatic carboxylic acids is 1. The number of aliphatic hydroxyl groups is 1. The van der Waals surface area contributed by atoms with Gasteiger partial charge >= 0.3 is 5.97 Å². The summed E-state index contributed by atoms with van der Waals surface area (Å²) in [5, 5.41) is 18.0. The van der Waals surface area contributed by atoms with Crippen LogP contribution in [0.15, 0.2) is 36.4 Å². The molecule has 2 atom stereocenters. The van der Waals surface area contributed by atoms with Crippen LogP contribution in [0.2, 0.25) is 0 Å². The summed E-state index contributed by atoms with van der Waals surface area (Å²) < 4.78 is 0. The smallest absolute Gasteiger partial charge is 0.313 e. The third-order valence-electron chi connectivity index (χ3n) is 2.10. The lowest BCUT2D eigenvalue weighted by Crippen LogP contribution is -2.23. The Bertz CT molecular complexity index is 341. The first-order valence-electron chi connectivity index (χ1n) is 4.75. The molecular weight excluding hydrogens is 192 g/mol. The van der Waals surface area contributed by atoms with Crippen molar-refractivity contribution in [3.63, 3.8) is 0 Å². The number of hydrogen-bond donors (Lipinski definition) is 2. The Morgan fingerprint density at radius 2 is 1.93 bits per heavy atom. The highest BCUT2D eigenvalue weighted by molar-refractivity contribution is 5.74. The van der Waals surface area contributed by atoms with Crippen LogP contribution in [0.3, 0.4) is 0 Å². The average molecular weight is 206 g/mol. The lowest BCUT2D eigenvalue weighted by molar-refractivity contribution is -0.142. The number of rotatable bonds is 4. The van der Waals surface area contributed by atoms with Crippen LogP contribution in [0.4, 0.5) is 0 Å². The highest BCUT2D eigenvalue weighted by Gasteiger charge is 2.19. The highest BCUT2D eigenvalue weighted by Crippen LogP contribution is 2.09. The molecule has 3 nitrogen and oxygen atoms in total. The van der Waals surface area contributed by atoms with Crippen molar-refractivity contribution in [3.8, 4) is 0 Å². The van der Waals surface area contributed by atoms with Gasteiger partial charge in [0.1, 0.15) is 5.92 Å². The van der Waals surface area contributed by atoms with Crippen molar-refractivity contribution in [1.82, 2.24) is 0 Å². The van der Waals surface area contributed by atoms with Crippen LogP contribution < -0.4 is 0 Å². The van der Waals surface area contributed by atoms with Gasteiger partial charge in [0, 0.05) is 0 Å². The Labute approximate surface area is 88.7 Å². The fourth-order valence-electron chi connectivity index (χ4n) is 1.23. The molecule has 0 heterocycles. The van der Waals surface area contributed by atoms with E-state index in [4.69, 9.17) is 5.11 Å². The van der Waals surface area contributed by atoms with Crippen LogP contribution in [0.25, 0.3) is 6.08 Å². The summed E-state index contributed by atoms with van der Waals surface area (Å²) in [5.74, 6) is -1.87. The molecule has 0 fully saturated rings. The largest absolute Gasteiger partial charge is 0.481 e. The molecule has 1 rings (SSSR count). The SMILES string of the molecule is C[C@H](O)[C@H](/C=C/c1ccccc1)C(=O)O. The van der Waals surface area contributed by atoms with Crippen molar-refractivity contribution < 1.29 is 15.0 Å². The van der Waals surface area contributed by atoms with Crippen LogP contribution >= 0.6 is 0 Å². The molecule has 0 saturated carbocycles. The molecule has 15 heavy (non-hydrogen) atoms. The molecule has 2 N–H and O–H groups in total. The number of hydrogen-bond acceptors (Lipinski definition) is 2. The lowest BCUT2D eigenvalue weighted by atomic mass is 10.0. The van der Waals surface area contributed by atoms with Gasteiger partial charge < -0.3 is 10.2 Å². The maximum Gasteiger partial charge on any atom is 0.313 e. The van der Waals surface area contributed by atoms with E-state index < -0.39 is 18.0 Å². The quantitative estimate of drug-likeness (QED) is 0.789. The van der Waals surface area contributed by atoms with Gasteiger partial charge in [0.15, 0.2) is 0 Å². The number of aliphatic hydroxyl groups excluding tert-OH is 1. The Balaban J connectivity index is 2.75. The van der Waals surface area contributed by atoms with E-state index in [0.29, 0.717) is 0 Å². The van der Waals surface area contributed by atoms with E-state index in [2.05, 4.69) is 0 Å². The first kappa shape index (κ1) is 11.5. The van der Waals surface area contributed by atoms with Gasteiger partial charge in [0.25, 0.3) is 0 Å². The van der Waals surface area contributed by atoms with Gasteiger partial charge in [-0.3, -0.25) is 4.79 Å². The number of carbonyl (C=O) groups is 1. The van der Waals surface area contributed by atoms with Crippen molar-refractivity contribution in [2.24, 2.45) is 5.92 Å². The van der Waals surface area contributed by atoms with Crippen LogP contribution in [-0.4, -0.2) is 22.3 Å². The first-order valence-corrected chi connectivity index (χ1v) is 4.75. The van der Waals surface area contributed by atoms with E-state index in [0.717, 1.165) is 5.56 Å². The Morgan fingerprint density at radius 1 is 1.33 bits per heavy atom. The molecular formula is C12H14O3. The summed E-state index contributed by atoms with van der Waals surface area (Å²) in [5.41, 5.74) is 0.921. The number of carboxylic acids is 1. The van der Waals surface area contributed by atoms with Crippen LogP contribution in [-0.2, 0) is 4.79 Å². The van der Waals surface area contributed by atoms with Crippen molar-refractivity contribution in [1.29, 1.82) is 0 Å². The monoisotopic (exact) mass is 206 g/mol. The third-order valence-corrected chi connectivity index (χ3v) is 2.10. The van der Waals surface area contributed by atoms with E-state index >= 15 is 0 Å². The summed E-state index contributed by atoms with van der Waals surface area (Å²) in [6.45, 7) is 1.47. The molecule has 1 aromatic carbocycles. The van der Waals surface area contributed by atoms with Gasteiger partial charge in [-0.1, -0.05) is 42.5 Å². The van der Waals surface area contributed by atoms with Crippen molar-refractivity contribution in [3.05, 3.63) is 42.0 Å². The van der Waals surface area contributed by atoms with E-state index in [9.17, 15) is 9.90 Å². The maximum absolute atomic E-state index is 10.8. The summed E-state index contributed by atoms with van der Waals surface area (Å²) in [7, 11) is 0. The van der Waals surface area contributed by atoms with Gasteiger partial charge in [0.2, 0.25) is 0 Å². The van der Waals surface area contributed by atoms with Gasteiger partial charge in [0.05, 0.1) is 6.10 Å². The minimum absolute atomic E-state index is 0.856. The molecule has 0 aliphatic rings. The number of benzene rings is 1. The Morgan fingerprint density at radius 3 is 2.40 bits per heavy atom. The molecule has 80 valence electrons. The molecule has 0 aromatic heterocycles. The maximum atomic E-state index is 10.8. The molecule has 3 heteroatoms. The second-order valence-corrected chi connectivity index (χ2v) is 3.37. The van der Waals surface area contributed by atoms with E-state index in [1.165, 1.54) is 13.0 Å². The summed E-state index contributed by atoms with van der Waals surface area (Å²) in [6, 6.07) is 9.38. The van der Waals surface area contributed by atoms with Gasteiger partial charge in [-0.25, -0.2) is 0 Å². The molecule has 0 amide bonds. The van der Waals surface area contributed by atoms with Crippen molar-refractivity contribution in [2.75, 3.05) is 0 Å². The van der Waals surface area contributed by atoms with Crippen LogP contribution in [0, 0.1) is 5.92 Å². The fraction of sp³-hybridized carbons (Fsp3) is 0.250. The van der Waals surface area contributed by atoms with E-state index in [1.807, 2.05) is 30.3 Å². The second kappa shape index (κ2) is 5.32. The minimum atomic E-state index is -1.02. The standard InChI is InChI=1S/C12H14O3/c1-9(13)11(12(14)15)8-7-10-5-3-2-4-6-10/h2-9,11,13H,1H3,(H,14,15)/b8-7+/t9-,11-/m0/s1. The summed E-state index contributed by atoms with van der Waals surface area (Å²) >= 11 is 0. The molecule has 0 saturated heterocycles. The Hall–Kier alpha value is -1.61. The summed E-state index contributed by atoms with van der Waals surface area (Å²) in [4.78, 5) is 10.8. The van der Waals surface area contributed by atoms with Crippen molar-refractivity contribution >= 4 is 12.0 Å². The minimum Gasteiger partial charge on any atom is -0.481 e. The lowest BCUT2D eigenvalue weighted by Gasteiger charge is -2.09. The van der Waals surface area contributed by atoms with Gasteiger partial charge in [-0.05, 0) is 12.5 Å². The average Bonchev–Trinajstić information content (AvgIpc) is 2.18. The molecule has 0 radical (unpaired) electrons. The zero-order valence-electron chi connectivity index (χ0n) is 8.50. The predicted molar refractivity (Wildman–Crippen MR) is 58.3 cm³/mol. The van der Waals surface area contributed by atoms with Gasteiger partial charge in [-0.15, -0.1) is 0 Å².